The molecule has 6 heteroatoms. The van der Waals surface area contributed by atoms with Crippen LogP contribution in [-0.2, 0) is 10.5 Å². The zero-order valence-corrected chi connectivity index (χ0v) is 17.1. The van der Waals surface area contributed by atoms with Crippen molar-refractivity contribution in [2.24, 2.45) is 0 Å². The quantitative estimate of drug-likeness (QED) is 0.677. The molecule has 2 aliphatic rings. The van der Waals surface area contributed by atoms with Gasteiger partial charge in [0.1, 0.15) is 0 Å². The summed E-state index contributed by atoms with van der Waals surface area (Å²) < 4.78 is 11.3. The fraction of sp³-hybridized carbons (Fsp3) is 0.333. The number of piperidine rings is 1. The van der Waals surface area contributed by atoms with Crippen molar-refractivity contribution in [2.75, 3.05) is 19.3 Å². The van der Waals surface area contributed by atoms with Gasteiger partial charge in [0.25, 0.3) is 0 Å². The molecule has 2 aliphatic heterocycles. The second-order valence-corrected chi connectivity index (χ2v) is 10.6. The van der Waals surface area contributed by atoms with Crippen LogP contribution in [0.2, 0.25) is 5.02 Å². The molecule has 3 heterocycles. The highest BCUT2D eigenvalue weighted by atomic mass is 35.5. The largest absolute Gasteiger partial charge is 0.347 e. The summed E-state index contributed by atoms with van der Waals surface area (Å²) in [6.45, 7) is 3.07. The van der Waals surface area contributed by atoms with E-state index in [1.165, 1.54) is 5.57 Å². The van der Waals surface area contributed by atoms with Crippen LogP contribution in [0.15, 0.2) is 47.0 Å². The zero-order chi connectivity index (χ0) is 19.2. The summed E-state index contributed by atoms with van der Waals surface area (Å²) in [5.41, 5.74) is 5.47. The van der Waals surface area contributed by atoms with Crippen LogP contribution in [0.25, 0.3) is 5.57 Å². The molecule has 1 aromatic heterocycles. The number of hydrogen-bond donors (Lipinski definition) is 1. The Morgan fingerprint density at radius 2 is 2.00 bits per heavy atom. The van der Waals surface area contributed by atoms with E-state index in [9.17, 15) is 9.35 Å². The van der Waals surface area contributed by atoms with Gasteiger partial charge in [0.15, 0.2) is 0 Å². The van der Waals surface area contributed by atoms with E-state index in [1.54, 1.807) is 6.92 Å². The normalized spacial score (nSPS) is 24.5. The first-order valence-corrected chi connectivity index (χ1v) is 11.6. The van der Waals surface area contributed by atoms with Gasteiger partial charge in [0, 0.05) is 47.5 Å². The molecular weight excluding hydrogens is 380 g/mol. The van der Waals surface area contributed by atoms with E-state index >= 15 is 0 Å². The van der Waals surface area contributed by atoms with Crippen LogP contribution in [-0.4, -0.2) is 39.7 Å². The molecule has 1 unspecified atom stereocenters. The van der Waals surface area contributed by atoms with Gasteiger partial charge in [-0.1, -0.05) is 29.3 Å². The lowest BCUT2D eigenvalue weighted by atomic mass is 9.89. The minimum absolute atomic E-state index is 0.123. The van der Waals surface area contributed by atoms with E-state index in [4.69, 9.17) is 16.6 Å². The van der Waals surface area contributed by atoms with Crippen molar-refractivity contribution in [3.05, 3.63) is 63.9 Å². The van der Waals surface area contributed by atoms with Crippen LogP contribution in [0.5, 0.6) is 0 Å². The summed E-state index contributed by atoms with van der Waals surface area (Å²) in [5.74, 6) is 0.692. The second-order valence-electron chi connectivity index (χ2n) is 7.32. The van der Waals surface area contributed by atoms with E-state index in [0.717, 1.165) is 53.2 Å². The van der Waals surface area contributed by atoms with E-state index in [-0.39, 0.29) is 5.91 Å². The predicted octanol–water partition coefficient (Wildman–Crippen LogP) is 4.96. The first-order chi connectivity index (χ1) is 12.9. The van der Waals surface area contributed by atoms with Gasteiger partial charge in [-0.05, 0) is 48.4 Å². The average molecular weight is 403 g/mol. The molecule has 1 aromatic carbocycles. The molecular formula is C21H23ClN2O2S. The highest BCUT2D eigenvalue weighted by Crippen LogP contribution is 2.58. The number of fused-ring (bicyclic) bond motifs is 2. The number of carbonyl (C=O) groups excluding carboxylic acids is 1. The monoisotopic (exact) mass is 402 g/mol. The van der Waals surface area contributed by atoms with Gasteiger partial charge in [-0.2, -0.15) is 0 Å². The Labute approximate surface area is 166 Å². The van der Waals surface area contributed by atoms with Crippen LogP contribution in [0.4, 0.5) is 0 Å². The molecule has 27 heavy (non-hydrogen) atoms. The molecule has 1 saturated heterocycles. The third kappa shape index (κ3) is 3.40. The summed E-state index contributed by atoms with van der Waals surface area (Å²) in [6, 6.07) is 9.79. The van der Waals surface area contributed by atoms with Crippen LogP contribution in [0.1, 0.15) is 36.6 Å². The minimum atomic E-state index is -2.03. The van der Waals surface area contributed by atoms with Crippen LogP contribution in [0, 0.1) is 0 Å². The van der Waals surface area contributed by atoms with Crippen molar-refractivity contribution in [3.63, 3.8) is 0 Å². The molecule has 4 nitrogen and oxygen atoms in total. The van der Waals surface area contributed by atoms with Gasteiger partial charge in [0.2, 0.25) is 5.91 Å². The van der Waals surface area contributed by atoms with Crippen LogP contribution in [0.3, 0.4) is 0 Å². The van der Waals surface area contributed by atoms with Gasteiger partial charge in [-0.25, -0.2) is 0 Å². The Morgan fingerprint density at radius 1 is 1.26 bits per heavy atom. The molecule has 0 saturated carbocycles. The summed E-state index contributed by atoms with van der Waals surface area (Å²) in [5, 5.41) is 0.635. The Balaban J connectivity index is 1.93. The SMILES string of the molecule is CC(=O)N1CCC(=C2c3ccc(Cl)cc3S(C)(O)Cc3cccnc32)CC1. The third-order valence-corrected chi connectivity index (χ3v) is 7.81. The van der Waals surface area contributed by atoms with Gasteiger partial charge in [-0.15, -0.1) is 10.3 Å². The molecule has 0 radical (unpaired) electrons. The predicted molar refractivity (Wildman–Crippen MR) is 111 cm³/mol. The highest BCUT2D eigenvalue weighted by Gasteiger charge is 2.32. The van der Waals surface area contributed by atoms with E-state index in [2.05, 4.69) is 6.07 Å². The van der Waals surface area contributed by atoms with Crippen molar-refractivity contribution in [3.8, 4) is 0 Å². The summed E-state index contributed by atoms with van der Waals surface area (Å²) in [6.07, 6.45) is 5.38. The smallest absolute Gasteiger partial charge is 0.219 e. The fourth-order valence-corrected chi connectivity index (χ4v) is 6.31. The molecule has 142 valence electrons. The summed E-state index contributed by atoms with van der Waals surface area (Å²) in [7, 11) is -2.03. The standard InChI is InChI=1S/C21H23ClN2O2S/c1-14(25)24-10-7-15(8-11-24)20-18-6-5-17(22)12-19(18)27(2,26)13-16-4-3-9-23-21(16)20/h3-6,9,12,26H,7-8,10-11,13H2,1-2H3. The van der Waals surface area contributed by atoms with Crippen LogP contribution >= 0.6 is 21.9 Å². The van der Waals surface area contributed by atoms with Crippen molar-refractivity contribution >= 4 is 33.4 Å². The second kappa shape index (κ2) is 6.97. The van der Waals surface area contributed by atoms with Gasteiger partial charge in [0.05, 0.1) is 5.69 Å². The molecule has 4 rings (SSSR count). The van der Waals surface area contributed by atoms with Gasteiger partial charge in [-0.3, -0.25) is 9.78 Å². The Kier molecular flexibility index (Phi) is 4.78. The number of halogens is 1. The third-order valence-electron chi connectivity index (χ3n) is 5.42. The number of carbonyl (C=O) groups is 1. The molecule has 0 aliphatic carbocycles. The lowest BCUT2D eigenvalue weighted by Gasteiger charge is -2.31. The Bertz CT molecular complexity index is 945. The summed E-state index contributed by atoms with van der Waals surface area (Å²) in [4.78, 5) is 19.2. The first-order valence-electron chi connectivity index (χ1n) is 9.07. The van der Waals surface area contributed by atoms with Crippen molar-refractivity contribution < 1.29 is 9.35 Å². The molecule has 0 bridgehead atoms. The number of nitrogens with zero attached hydrogens (tertiary/aromatic N) is 2. The molecule has 2 aromatic rings. The lowest BCUT2D eigenvalue weighted by Crippen LogP contribution is -2.34. The number of hydrogen-bond acceptors (Lipinski definition) is 3. The van der Waals surface area contributed by atoms with Crippen LogP contribution < -0.4 is 0 Å². The maximum Gasteiger partial charge on any atom is 0.219 e. The minimum Gasteiger partial charge on any atom is -0.347 e. The van der Waals surface area contributed by atoms with Gasteiger partial charge < -0.3 is 9.45 Å². The van der Waals surface area contributed by atoms with E-state index in [1.807, 2.05) is 41.6 Å². The van der Waals surface area contributed by atoms with E-state index < -0.39 is 10.3 Å². The number of aromatic nitrogens is 1. The Morgan fingerprint density at radius 3 is 2.70 bits per heavy atom. The van der Waals surface area contributed by atoms with Crippen molar-refractivity contribution in [2.45, 2.75) is 30.4 Å². The molecule has 1 amide bonds. The maximum absolute atomic E-state index is 11.7. The summed E-state index contributed by atoms with van der Waals surface area (Å²) >= 11 is 6.28. The average Bonchev–Trinajstić information content (AvgIpc) is 2.73. The molecule has 0 spiro atoms. The first kappa shape index (κ1) is 18.5. The number of benzene rings is 1. The Hall–Kier alpha value is -1.82. The fourth-order valence-electron chi connectivity index (χ4n) is 4.05. The molecule has 1 N–H and O–H groups in total. The van der Waals surface area contributed by atoms with Crippen molar-refractivity contribution in [1.82, 2.24) is 9.88 Å². The highest BCUT2D eigenvalue weighted by molar-refractivity contribution is 8.28. The number of amides is 1. The molecule has 1 fully saturated rings. The van der Waals surface area contributed by atoms with Crippen molar-refractivity contribution in [1.29, 1.82) is 0 Å². The van der Waals surface area contributed by atoms with E-state index in [0.29, 0.717) is 10.8 Å². The number of pyridine rings is 1. The maximum atomic E-state index is 11.7. The van der Waals surface area contributed by atoms with Gasteiger partial charge >= 0.3 is 0 Å². The number of likely N-dealkylation sites (tertiary alicyclic amines) is 1. The zero-order valence-electron chi connectivity index (χ0n) is 15.5. The topological polar surface area (TPSA) is 53.4 Å². The number of rotatable bonds is 0. The lowest BCUT2D eigenvalue weighted by molar-refractivity contribution is -0.129. The molecule has 1 atom stereocenters.